The lowest BCUT2D eigenvalue weighted by Gasteiger charge is -2.11. The van der Waals surface area contributed by atoms with E-state index in [1.165, 1.54) is 0 Å². The summed E-state index contributed by atoms with van der Waals surface area (Å²) in [6, 6.07) is 0.195. The molecule has 18 heavy (non-hydrogen) atoms. The van der Waals surface area contributed by atoms with Crippen LogP contribution in [0, 0.1) is 5.92 Å². The number of nitrogens with one attached hydrogen (secondary N) is 1. The van der Waals surface area contributed by atoms with E-state index in [0.717, 1.165) is 30.1 Å². The zero-order valence-corrected chi connectivity index (χ0v) is 11.7. The summed E-state index contributed by atoms with van der Waals surface area (Å²) in [4.78, 5) is 16.2. The highest BCUT2D eigenvalue weighted by Gasteiger charge is 2.27. The van der Waals surface area contributed by atoms with Crippen molar-refractivity contribution in [2.75, 3.05) is 6.26 Å². The molecule has 0 spiro atoms. The molecular formula is C12H20N4OS. The number of nitrogens with two attached hydrogens (primary N) is 1. The van der Waals surface area contributed by atoms with Crippen molar-refractivity contribution < 1.29 is 4.79 Å². The van der Waals surface area contributed by atoms with E-state index in [-0.39, 0.29) is 17.9 Å². The highest BCUT2D eigenvalue weighted by molar-refractivity contribution is 7.98. The van der Waals surface area contributed by atoms with Crippen LogP contribution in [0.5, 0.6) is 0 Å². The van der Waals surface area contributed by atoms with Gasteiger partial charge >= 0.3 is 0 Å². The number of carbonyl (C=O) groups excluding carboxylic acids is 1. The first-order chi connectivity index (χ1) is 8.61. The molecular weight excluding hydrogens is 248 g/mol. The molecule has 0 unspecified atom stereocenters. The Morgan fingerprint density at radius 2 is 2.44 bits per heavy atom. The quantitative estimate of drug-likeness (QED) is 0.795. The van der Waals surface area contributed by atoms with Crippen LogP contribution >= 0.6 is 11.8 Å². The summed E-state index contributed by atoms with van der Waals surface area (Å²) in [5.41, 5.74) is 6.84. The van der Waals surface area contributed by atoms with Gasteiger partial charge in [-0.3, -0.25) is 4.79 Å². The van der Waals surface area contributed by atoms with Crippen molar-refractivity contribution in [2.24, 2.45) is 18.7 Å². The van der Waals surface area contributed by atoms with Gasteiger partial charge in [-0.2, -0.15) is 0 Å². The van der Waals surface area contributed by atoms with Crippen molar-refractivity contribution in [3.05, 3.63) is 11.9 Å². The molecule has 1 heterocycles. The van der Waals surface area contributed by atoms with Crippen molar-refractivity contribution in [2.45, 2.75) is 37.0 Å². The van der Waals surface area contributed by atoms with Crippen LogP contribution in [0.4, 0.5) is 0 Å². The Kier molecular flexibility index (Phi) is 4.29. The van der Waals surface area contributed by atoms with Crippen molar-refractivity contribution in [3.8, 4) is 0 Å². The number of amides is 1. The van der Waals surface area contributed by atoms with Crippen LogP contribution in [-0.4, -0.2) is 27.8 Å². The Bertz CT molecular complexity index is 432. The van der Waals surface area contributed by atoms with Crippen molar-refractivity contribution >= 4 is 17.7 Å². The van der Waals surface area contributed by atoms with Crippen LogP contribution in [0.2, 0.25) is 0 Å². The van der Waals surface area contributed by atoms with E-state index in [1.807, 2.05) is 24.1 Å². The average Bonchev–Trinajstić information content (AvgIpc) is 2.93. The minimum Gasteiger partial charge on any atom is -0.350 e. The van der Waals surface area contributed by atoms with Crippen LogP contribution in [0.1, 0.15) is 25.0 Å². The van der Waals surface area contributed by atoms with Crippen LogP contribution in [0.25, 0.3) is 0 Å². The Hall–Kier alpha value is -1.01. The van der Waals surface area contributed by atoms with Gasteiger partial charge in [-0.15, -0.1) is 0 Å². The van der Waals surface area contributed by atoms with Gasteiger partial charge in [0.2, 0.25) is 5.91 Å². The molecule has 1 aliphatic carbocycles. The monoisotopic (exact) mass is 268 g/mol. The van der Waals surface area contributed by atoms with Crippen molar-refractivity contribution in [1.82, 2.24) is 14.9 Å². The predicted octanol–water partition coefficient (Wildman–Crippen LogP) is 0.886. The third-order valence-electron chi connectivity index (χ3n) is 3.51. The minimum absolute atomic E-state index is 0.0910. The Balaban J connectivity index is 1.87. The normalized spacial score (nSPS) is 23.3. The lowest BCUT2D eigenvalue weighted by Crippen LogP contribution is -2.30. The first-order valence-electron chi connectivity index (χ1n) is 6.19. The van der Waals surface area contributed by atoms with Gasteiger partial charge in [0.05, 0.1) is 18.4 Å². The summed E-state index contributed by atoms with van der Waals surface area (Å²) in [5, 5.41) is 3.94. The zero-order valence-electron chi connectivity index (χ0n) is 10.8. The second kappa shape index (κ2) is 5.75. The fraction of sp³-hybridized carbons (Fsp3) is 0.667. The third-order valence-corrected chi connectivity index (χ3v) is 4.26. The maximum absolute atomic E-state index is 12.0. The summed E-state index contributed by atoms with van der Waals surface area (Å²) >= 11 is 1.60. The van der Waals surface area contributed by atoms with Gasteiger partial charge in [-0.05, 0) is 25.5 Å². The van der Waals surface area contributed by atoms with E-state index in [1.54, 1.807) is 11.8 Å². The molecule has 6 heteroatoms. The highest BCUT2D eigenvalue weighted by atomic mass is 32.2. The van der Waals surface area contributed by atoms with E-state index in [9.17, 15) is 4.79 Å². The van der Waals surface area contributed by atoms with E-state index < -0.39 is 0 Å². The lowest BCUT2D eigenvalue weighted by molar-refractivity contribution is -0.125. The second-order valence-electron chi connectivity index (χ2n) is 4.78. The molecule has 1 aliphatic rings. The highest BCUT2D eigenvalue weighted by Crippen LogP contribution is 2.24. The van der Waals surface area contributed by atoms with Crippen LogP contribution in [0.15, 0.2) is 11.4 Å². The molecule has 2 rings (SSSR count). The van der Waals surface area contributed by atoms with E-state index >= 15 is 0 Å². The minimum atomic E-state index is 0.0910. The second-order valence-corrected chi connectivity index (χ2v) is 5.56. The molecule has 1 amide bonds. The smallest absolute Gasteiger partial charge is 0.223 e. The molecule has 2 atom stereocenters. The van der Waals surface area contributed by atoms with Gasteiger partial charge in [0, 0.05) is 19.0 Å². The maximum Gasteiger partial charge on any atom is 0.223 e. The lowest BCUT2D eigenvalue weighted by atomic mass is 10.1. The van der Waals surface area contributed by atoms with Crippen molar-refractivity contribution in [3.63, 3.8) is 0 Å². The fourth-order valence-electron chi connectivity index (χ4n) is 2.36. The summed E-state index contributed by atoms with van der Waals surface area (Å²) in [7, 11) is 1.96. The topological polar surface area (TPSA) is 72.9 Å². The molecule has 1 aromatic rings. The first-order valence-corrected chi connectivity index (χ1v) is 7.42. The SMILES string of the molecule is CSc1ncc(CNC(=O)[C@H]2CC[C@@H](N)C2)n1C. The molecule has 1 aromatic heterocycles. The molecule has 1 fully saturated rings. The number of thioether (sulfide) groups is 1. The number of aromatic nitrogens is 2. The first kappa shape index (κ1) is 13.4. The Morgan fingerprint density at radius 1 is 1.67 bits per heavy atom. The standard InChI is InChI=1S/C12H20N4OS/c1-16-10(7-15-12(16)18-2)6-14-11(17)8-3-4-9(13)5-8/h7-9H,3-6,13H2,1-2H3,(H,14,17)/t8-,9+/m0/s1. The number of carbonyl (C=O) groups is 1. The Morgan fingerprint density at radius 3 is 3.00 bits per heavy atom. The number of hydrogen-bond acceptors (Lipinski definition) is 4. The maximum atomic E-state index is 12.0. The van der Waals surface area contributed by atoms with Gasteiger partial charge in [0.1, 0.15) is 0 Å². The van der Waals surface area contributed by atoms with Gasteiger partial charge in [0.15, 0.2) is 5.16 Å². The van der Waals surface area contributed by atoms with E-state index in [2.05, 4.69) is 10.3 Å². The summed E-state index contributed by atoms with van der Waals surface area (Å²) in [5.74, 6) is 0.211. The number of nitrogens with zero attached hydrogens (tertiary/aromatic N) is 2. The summed E-state index contributed by atoms with van der Waals surface area (Å²) < 4.78 is 2.01. The summed E-state index contributed by atoms with van der Waals surface area (Å²) in [6.45, 7) is 0.536. The van der Waals surface area contributed by atoms with E-state index in [4.69, 9.17) is 5.73 Å². The largest absolute Gasteiger partial charge is 0.350 e. The van der Waals surface area contributed by atoms with Gasteiger partial charge in [-0.1, -0.05) is 11.8 Å². The number of hydrogen-bond donors (Lipinski definition) is 2. The fourth-order valence-corrected chi connectivity index (χ4v) is 2.91. The molecule has 0 aliphatic heterocycles. The van der Waals surface area contributed by atoms with Gasteiger partial charge in [0.25, 0.3) is 0 Å². The molecule has 0 bridgehead atoms. The van der Waals surface area contributed by atoms with Crippen LogP contribution < -0.4 is 11.1 Å². The van der Waals surface area contributed by atoms with Crippen LogP contribution in [0.3, 0.4) is 0 Å². The Labute approximate surface area is 112 Å². The molecule has 100 valence electrons. The van der Waals surface area contributed by atoms with E-state index in [0.29, 0.717) is 6.54 Å². The predicted molar refractivity (Wildman–Crippen MR) is 72.2 cm³/mol. The molecule has 0 saturated heterocycles. The molecule has 0 aromatic carbocycles. The molecule has 0 radical (unpaired) electrons. The third kappa shape index (κ3) is 2.87. The van der Waals surface area contributed by atoms with Crippen molar-refractivity contribution in [1.29, 1.82) is 0 Å². The van der Waals surface area contributed by atoms with Crippen LogP contribution in [-0.2, 0) is 18.4 Å². The average molecular weight is 268 g/mol. The number of rotatable bonds is 4. The molecule has 1 saturated carbocycles. The molecule has 5 nitrogen and oxygen atoms in total. The zero-order chi connectivity index (χ0) is 13.1. The summed E-state index contributed by atoms with van der Waals surface area (Å²) in [6.07, 6.45) is 6.49. The molecule has 3 N–H and O–H groups in total. The van der Waals surface area contributed by atoms with Gasteiger partial charge in [-0.25, -0.2) is 4.98 Å². The number of imidazole rings is 1. The van der Waals surface area contributed by atoms with Gasteiger partial charge < -0.3 is 15.6 Å².